The Bertz CT molecular complexity index is 1420. The van der Waals surface area contributed by atoms with Crippen LogP contribution in [0.2, 0.25) is 0 Å². The van der Waals surface area contributed by atoms with Crippen molar-refractivity contribution in [2.75, 3.05) is 29.8 Å². The number of nitrogens with one attached hydrogen (secondary N) is 2. The molecule has 1 aliphatic heterocycles. The zero-order valence-corrected chi connectivity index (χ0v) is 22.0. The Morgan fingerprint density at radius 1 is 0.868 bits per heavy atom. The van der Waals surface area contributed by atoms with Gasteiger partial charge >= 0.3 is 0 Å². The fraction of sp³-hybridized carbons (Fsp3) is 0.179. The lowest BCUT2D eigenvalue weighted by atomic mass is 10.1. The van der Waals surface area contributed by atoms with Crippen LogP contribution in [0.5, 0.6) is 17.2 Å². The fourth-order valence-electron chi connectivity index (χ4n) is 3.77. The van der Waals surface area contributed by atoms with Crippen molar-refractivity contribution in [2.24, 2.45) is 0 Å². The summed E-state index contributed by atoms with van der Waals surface area (Å²) < 4.78 is 16.1. The van der Waals surface area contributed by atoms with Gasteiger partial charge in [0.25, 0.3) is 17.7 Å². The van der Waals surface area contributed by atoms with E-state index >= 15 is 0 Å². The van der Waals surface area contributed by atoms with Gasteiger partial charge in [0.2, 0.25) is 0 Å². The van der Waals surface area contributed by atoms with Gasteiger partial charge in [0.05, 0.1) is 26.0 Å². The van der Waals surface area contributed by atoms with Crippen LogP contribution in [0.1, 0.15) is 24.2 Å². The number of benzene rings is 3. The van der Waals surface area contributed by atoms with Crippen molar-refractivity contribution in [1.29, 1.82) is 0 Å². The van der Waals surface area contributed by atoms with E-state index in [4.69, 9.17) is 25.8 Å². The highest BCUT2D eigenvalue weighted by atomic mass is 35.5. The molecule has 0 aliphatic carbocycles. The van der Waals surface area contributed by atoms with Crippen molar-refractivity contribution >= 4 is 46.4 Å². The van der Waals surface area contributed by atoms with Crippen LogP contribution in [0.4, 0.5) is 17.1 Å². The van der Waals surface area contributed by atoms with E-state index in [0.29, 0.717) is 28.4 Å². The molecule has 0 radical (unpaired) electrons. The lowest BCUT2D eigenvalue weighted by Crippen LogP contribution is -2.32. The second-order valence-electron chi connectivity index (χ2n) is 8.52. The maximum Gasteiger partial charge on any atom is 0.283 e. The first-order valence-electron chi connectivity index (χ1n) is 11.7. The lowest BCUT2D eigenvalue weighted by molar-refractivity contribution is -0.120. The van der Waals surface area contributed by atoms with Gasteiger partial charge < -0.3 is 24.8 Å². The number of halogens is 1. The molecule has 0 aromatic heterocycles. The maximum absolute atomic E-state index is 13.2. The molecular weight excluding hydrogens is 510 g/mol. The average molecular weight is 536 g/mol. The topological polar surface area (TPSA) is 106 Å². The summed E-state index contributed by atoms with van der Waals surface area (Å²) in [7, 11) is 2.91. The van der Waals surface area contributed by atoms with Crippen molar-refractivity contribution in [3.05, 3.63) is 83.0 Å². The Morgan fingerprint density at radius 2 is 1.58 bits per heavy atom. The number of carbonyl (C=O) groups excluding carboxylic acids is 3. The second-order valence-corrected chi connectivity index (χ2v) is 8.90. The standard InChI is InChI=1S/C28H26ClN3O6/c1-16(2)38-20-10-8-18(9-11-20)31-26(33)17-6-5-7-19(14-17)30-25-24(29)27(34)32(28(25)35)22-13-12-21(36-3)15-23(22)37-4/h5-16,30H,1-4H3,(H,31,33). The minimum atomic E-state index is -0.707. The van der Waals surface area contributed by atoms with Crippen LogP contribution < -0.4 is 29.7 Å². The van der Waals surface area contributed by atoms with E-state index in [1.807, 2.05) is 13.8 Å². The van der Waals surface area contributed by atoms with Gasteiger partial charge in [-0.25, -0.2) is 4.90 Å². The SMILES string of the molecule is COc1ccc(N2C(=O)C(Cl)=C(Nc3cccc(C(=O)Nc4ccc(OC(C)C)cc4)c3)C2=O)c(OC)c1. The van der Waals surface area contributed by atoms with Gasteiger partial charge in [-0.05, 0) is 68.4 Å². The van der Waals surface area contributed by atoms with Gasteiger partial charge in [-0.2, -0.15) is 0 Å². The summed E-state index contributed by atoms with van der Waals surface area (Å²) in [5.41, 5.74) is 1.43. The second kappa shape index (κ2) is 11.3. The number of methoxy groups -OCH3 is 2. The zero-order valence-electron chi connectivity index (χ0n) is 21.2. The third-order valence-corrected chi connectivity index (χ3v) is 5.88. The monoisotopic (exact) mass is 535 g/mol. The van der Waals surface area contributed by atoms with Gasteiger partial charge in [0, 0.05) is 23.0 Å². The average Bonchev–Trinajstić information content (AvgIpc) is 3.12. The third-order valence-electron chi connectivity index (χ3n) is 5.53. The van der Waals surface area contributed by atoms with Gasteiger partial charge in [0.1, 0.15) is 28.0 Å². The van der Waals surface area contributed by atoms with Crippen molar-refractivity contribution in [1.82, 2.24) is 0 Å². The van der Waals surface area contributed by atoms with E-state index in [2.05, 4.69) is 10.6 Å². The first-order chi connectivity index (χ1) is 18.2. The molecule has 0 saturated heterocycles. The molecule has 10 heteroatoms. The van der Waals surface area contributed by atoms with Crippen molar-refractivity contribution < 1.29 is 28.6 Å². The highest BCUT2D eigenvalue weighted by Crippen LogP contribution is 2.37. The van der Waals surface area contributed by atoms with Crippen LogP contribution >= 0.6 is 11.6 Å². The molecule has 0 unspecified atom stereocenters. The summed E-state index contributed by atoms with van der Waals surface area (Å²) in [5, 5.41) is 5.42. The van der Waals surface area contributed by atoms with Crippen LogP contribution in [0.3, 0.4) is 0 Å². The van der Waals surface area contributed by atoms with E-state index in [1.165, 1.54) is 20.3 Å². The van der Waals surface area contributed by atoms with E-state index < -0.39 is 11.8 Å². The molecule has 1 aliphatic rings. The molecule has 1 heterocycles. The molecule has 0 spiro atoms. The van der Waals surface area contributed by atoms with Crippen molar-refractivity contribution in [3.63, 3.8) is 0 Å². The first-order valence-corrected chi connectivity index (χ1v) is 12.1. The number of rotatable bonds is 9. The highest BCUT2D eigenvalue weighted by molar-refractivity contribution is 6.53. The minimum Gasteiger partial charge on any atom is -0.497 e. The number of imide groups is 1. The van der Waals surface area contributed by atoms with Crippen LogP contribution in [-0.4, -0.2) is 38.0 Å². The smallest absolute Gasteiger partial charge is 0.283 e. The lowest BCUT2D eigenvalue weighted by Gasteiger charge is -2.18. The summed E-state index contributed by atoms with van der Waals surface area (Å²) in [6.45, 7) is 3.87. The third kappa shape index (κ3) is 5.57. The summed E-state index contributed by atoms with van der Waals surface area (Å²) >= 11 is 6.28. The maximum atomic E-state index is 13.2. The van der Waals surface area contributed by atoms with Gasteiger partial charge in [-0.15, -0.1) is 0 Å². The molecule has 4 rings (SSSR count). The normalized spacial score (nSPS) is 13.2. The Balaban J connectivity index is 1.50. The summed E-state index contributed by atoms with van der Waals surface area (Å²) in [5.74, 6) is -0.268. The molecule has 38 heavy (non-hydrogen) atoms. The summed E-state index contributed by atoms with van der Waals surface area (Å²) in [6.07, 6.45) is 0.0432. The number of amides is 3. The zero-order chi connectivity index (χ0) is 27.4. The van der Waals surface area contributed by atoms with Crippen molar-refractivity contribution in [2.45, 2.75) is 20.0 Å². The number of anilines is 3. The minimum absolute atomic E-state index is 0.0432. The molecule has 9 nitrogen and oxygen atoms in total. The number of carbonyl (C=O) groups is 3. The van der Waals surface area contributed by atoms with Gasteiger partial charge in [-0.1, -0.05) is 17.7 Å². The van der Waals surface area contributed by atoms with E-state index in [9.17, 15) is 14.4 Å². The number of nitrogens with zero attached hydrogens (tertiary/aromatic N) is 1. The molecule has 0 saturated carbocycles. The van der Waals surface area contributed by atoms with Crippen LogP contribution in [0.15, 0.2) is 77.5 Å². The van der Waals surface area contributed by atoms with E-state index in [0.717, 1.165) is 4.90 Å². The first kappa shape index (κ1) is 26.6. The Kier molecular flexibility index (Phi) is 7.87. The fourth-order valence-corrected chi connectivity index (χ4v) is 3.99. The Labute approximate surface area is 224 Å². The predicted molar refractivity (Wildman–Crippen MR) is 145 cm³/mol. The molecule has 3 amide bonds. The Morgan fingerprint density at radius 3 is 2.24 bits per heavy atom. The van der Waals surface area contributed by atoms with Gasteiger partial charge in [0.15, 0.2) is 0 Å². The molecule has 3 aromatic rings. The number of hydrogen-bond donors (Lipinski definition) is 2. The van der Waals surface area contributed by atoms with Gasteiger partial charge in [-0.3, -0.25) is 14.4 Å². The summed E-state index contributed by atoms with van der Waals surface area (Å²) in [6, 6.07) is 18.2. The number of ether oxygens (including phenoxy) is 3. The number of hydrogen-bond acceptors (Lipinski definition) is 7. The predicted octanol–water partition coefficient (Wildman–Crippen LogP) is 5.18. The molecular formula is C28H26ClN3O6. The Hall–Kier alpha value is -4.50. The van der Waals surface area contributed by atoms with E-state index in [-0.39, 0.29) is 34.2 Å². The molecule has 3 aromatic carbocycles. The highest BCUT2D eigenvalue weighted by Gasteiger charge is 2.40. The quantitative estimate of drug-likeness (QED) is 0.364. The van der Waals surface area contributed by atoms with Crippen LogP contribution in [0, 0.1) is 0 Å². The largest absolute Gasteiger partial charge is 0.497 e. The van der Waals surface area contributed by atoms with E-state index in [1.54, 1.807) is 60.7 Å². The van der Waals surface area contributed by atoms with Crippen LogP contribution in [0.25, 0.3) is 0 Å². The molecule has 0 fully saturated rings. The van der Waals surface area contributed by atoms with Crippen molar-refractivity contribution in [3.8, 4) is 17.2 Å². The van der Waals surface area contributed by atoms with Crippen LogP contribution in [-0.2, 0) is 9.59 Å². The summed E-state index contributed by atoms with van der Waals surface area (Å²) in [4.78, 5) is 39.9. The molecule has 0 atom stereocenters. The molecule has 196 valence electrons. The molecule has 0 bridgehead atoms. The molecule has 2 N–H and O–H groups in total.